The number of aliphatic carboxylic acids is 1. The van der Waals surface area contributed by atoms with Crippen LogP contribution in [0.1, 0.15) is 53.1 Å². The van der Waals surface area contributed by atoms with Crippen molar-refractivity contribution in [2.75, 3.05) is 0 Å². The number of nitrogens with zero attached hydrogens (tertiary/aromatic N) is 2. The van der Waals surface area contributed by atoms with Gasteiger partial charge in [0.15, 0.2) is 6.61 Å². The highest BCUT2D eigenvalue weighted by Crippen LogP contribution is 2.25. The van der Waals surface area contributed by atoms with E-state index in [9.17, 15) is 9.59 Å². The van der Waals surface area contributed by atoms with E-state index in [1.807, 2.05) is 72.8 Å². The number of carboxylic acid groups (broad SMARTS) is 2. The number of carboxylic acids is 2. The Bertz CT molecular complexity index is 1400. The molecule has 0 aliphatic rings. The normalized spacial score (nSPS) is 11.9. The van der Waals surface area contributed by atoms with E-state index < -0.39 is 11.9 Å². The molecule has 2 N–H and O–H groups in total. The number of carbonyl (C=O) groups is 2. The smallest absolute Gasteiger partial charge is 0.335 e. The van der Waals surface area contributed by atoms with Gasteiger partial charge in [0.05, 0.1) is 5.56 Å². The third kappa shape index (κ3) is 8.39. The highest BCUT2D eigenvalue weighted by Gasteiger charge is 2.12. The summed E-state index contributed by atoms with van der Waals surface area (Å²) in [6.45, 7) is 0.124. The summed E-state index contributed by atoms with van der Waals surface area (Å²) in [4.78, 5) is 26.5. The van der Waals surface area contributed by atoms with Crippen molar-refractivity contribution in [3.8, 4) is 17.1 Å². The van der Waals surface area contributed by atoms with Gasteiger partial charge in [0.25, 0.3) is 5.89 Å². The van der Waals surface area contributed by atoms with E-state index in [0.717, 1.165) is 29.5 Å². The van der Waals surface area contributed by atoms with Crippen LogP contribution in [0.3, 0.4) is 0 Å². The first kappa shape index (κ1) is 27.3. The first-order chi connectivity index (χ1) is 19.0. The molecule has 200 valence electrons. The van der Waals surface area contributed by atoms with Crippen LogP contribution in [0, 0.1) is 5.92 Å². The molecule has 8 nitrogen and oxygen atoms in total. The Morgan fingerprint density at radius 3 is 2.41 bits per heavy atom. The molecule has 1 unspecified atom stereocenters. The predicted molar refractivity (Wildman–Crippen MR) is 146 cm³/mol. The largest absolute Gasteiger partial charge is 0.483 e. The van der Waals surface area contributed by atoms with Crippen molar-refractivity contribution in [2.45, 2.75) is 38.7 Å². The number of aromatic carboxylic acids is 1. The fourth-order valence-electron chi connectivity index (χ4n) is 4.18. The van der Waals surface area contributed by atoms with Crippen LogP contribution in [-0.2, 0) is 17.8 Å². The summed E-state index contributed by atoms with van der Waals surface area (Å²) < 4.78 is 11.4. The van der Waals surface area contributed by atoms with Crippen molar-refractivity contribution in [1.29, 1.82) is 0 Å². The zero-order valence-corrected chi connectivity index (χ0v) is 21.4. The summed E-state index contributed by atoms with van der Waals surface area (Å²) in [7, 11) is 0. The van der Waals surface area contributed by atoms with E-state index in [1.54, 1.807) is 12.1 Å². The number of aromatic nitrogens is 2. The summed E-state index contributed by atoms with van der Waals surface area (Å²) in [6.07, 6.45) is 7.14. The quantitative estimate of drug-likeness (QED) is 0.178. The Balaban J connectivity index is 1.43. The molecule has 0 aliphatic heterocycles. The lowest BCUT2D eigenvalue weighted by Gasteiger charge is -2.14. The zero-order chi connectivity index (χ0) is 27.5. The number of allylic oxidation sites excluding steroid dienone is 1. The number of ether oxygens (including phenoxy) is 1. The summed E-state index contributed by atoms with van der Waals surface area (Å²) in [6, 6.07) is 24.1. The topological polar surface area (TPSA) is 123 Å². The lowest BCUT2D eigenvalue weighted by Crippen LogP contribution is -2.04. The molecule has 4 rings (SSSR count). The van der Waals surface area contributed by atoms with Gasteiger partial charge in [-0.1, -0.05) is 84.4 Å². The molecule has 0 radical (unpaired) electrons. The van der Waals surface area contributed by atoms with E-state index >= 15 is 0 Å². The van der Waals surface area contributed by atoms with E-state index in [0.29, 0.717) is 30.3 Å². The van der Waals surface area contributed by atoms with Crippen LogP contribution in [0.4, 0.5) is 0 Å². The van der Waals surface area contributed by atoms with Crippen molar-refractivity contribution in [3.63, 3.8) is 0 Å². The summed E-state index contributed by atoms with van der Waals surface area (Å²) in [5, 5.41) is 22.2. The Labute approximate surface area is 226 Å². The van der Waals surface area contributed by atoms with E-state index in [4.69, 9.17) is 19.5 Å². The molecule has 39 heavy (non-hydrogen) atoms. The fraction of sp³-hybridized carbons (Fsp3) is 0.226. The molecule has 0 bridgehead atoms. The molecule has 1 atom stereocenters. The fourth-order valence-corrected chi connectivity index (χ4v) is 4.18. The van der Waals surface area contributed by atoms with Gasteiger partial charge in [-0.3, -0.25) is 4.79 Å². The molecule has 0 spiro atoms. The monoisotopic (exact) mass is 526 g/mol. The lowest BCUT2D eigenvalue weighted by atomic mass is 9.92. The average Bonchev–Trinajstić information content (AvgIpc) is 3.43. The molecule has 3 aromatic carbocycles. The Morgan fingerprint density at radius 2 is 1.67 bits per heavy atom. The number of unbranched alkanes of at least 4 members (excludes halogenated alkanes) is 1. The maximum absolute atomic E-state index is 11.2. The van der Waals surface area contributed by atoms with E-state index in [2.05, 4.69) is 16.2 Å². The Hall–Kier alpha value is -4.72. The SMILES string of the molecule is O=C(O)CCCCC(/C=C/c1ccccc1OCc1nc(-c2ccccc2)no1)Cc1ccc(C(=O)O)cc1. The van der Waals surface area contributed by atoms with Crippen LogP contribution in [0.2, 0.25) is 0 Å². The van der Waals surface area contributed by atoms with Crippen molar-refractivity contribution in [1.82, 2.24) is 10.1 Å². The van der Waals surface area contributed by atoms with Crippen LogP contribution in [0.15, 0.2) is 89.5 Å². The maximum atomic E-state index is 11.2. The second-order valence-corrected chi connectivity index (χ2v) is 9.17. The first-order valence-electron chi connectivity index (χ1n) is 12.8. The van der Waals surface area contributed by atoms with Gasteiger partial charge in [0.2, 0.25) is 5.82 Å². The number of benzene rings is 3. The van der Waals surface area contributed by atoms with E-state index in [-0.39, 0.29) is 24.5 Å². The minimum absolute atomic E-state index is 0.124. The highest BCUT2D eigenvalue weighted by atomic mass is 16.5. The third-order valence-electron chi connectivity index (χ3n) is 6.23. The number of para-hydroxylation sites is 1. The lowest BCUT2D eigenvalue weighted by molar-refractivity contribution is -0.137. The van der Waals surface area contributed by atoms with Crippen LogP contribution in [0.25, 0.3) is 17.5 Å². The second-order valence-electron chi connectivity index (χ2n) is 9.17. The van der Waals surface area contributed by atoms with Crippen molar-refractivity contribution < 1.29 is 29.1 Å². The van der Waals surface area contributed by atoms with Gasteiger partial charge in [-0.2, -0.15) is 4.98 Å². The van der Waals surface area contributed by atoms with Crippen molar-refractivity contribution in [3.05, 3.63) is 108 Å². The van der Waals surface area contributed by atoms with Crippen LogP contribution in [0.5, 0.6) is 5.75 Å². The Morgan fingerprint density at radius 1 is 0.923 bits per heavy atom. The molecule has 1 heterocycles. The number of hydrogen-bond acceptors (Lipinski definition) is 6. The van der Waals surface area contributed by atoms with Gasteiger partial charge in [-0.25, -0.2) is 4.79 Å². The van der Waals surface area contributed by atoms with Gasteiger partial charge in [0.1, 0.15) is 5.75 Å². The number of hydrogen-bond donors (Lipinski definition) is 2. The third-order valence-corrected chi connectivity index (χ3v) is 6.23. The summed E-state index contributed by atoms with van der Waals surface area (Å²) in [5.41, 5.74) is 3.01. The molecule has 0 fully saturated rings. The molecule has 8 heteroatoms. The standard InChI is InChI=1S/C31H30N2O6/c34-29(35)13-7-4-8-22(20-23-15-18-26(19-16-23)31(36)37)14-17-24-9-5-6-12-27(24)38-21-28-32-30(33-39-28)25-10-2-1-3-11-25/h1-3,5-6,9-12,14-19,22H,4,7-8,13,20-21H2,(H,34,35)(H,36,37)/b17-14+. The van der Waals surface area contributed by atoms with Crippen LogP contribution in [-0.4, -0.2) is 32.3 Å². The molecule has 0 aliphatic carbocycles. The Kier molecular flexibility index (Phi) is 9.61. The molecular weight excluding hydrogens is 496 g/mol. The molecular formula is C31H30N2O6. The van der Waals surface area contributed by atoms with Crippen LogP contribution < -0.4 is 4.74 Å². The van der Waals surface area contributed by atoms with Gasteiger partial charge < -0.3 is 19.5 Å². The van der Waals surface area contributed by atoms with Gasteiger partial charge >= 0.3 is 11.9 Å². The minimum atomic E-state index is -0.958. The second kappa shape index (κ2) is 13.7. The average molecular weight is 527 g/mol. The maximum Gasteiger partial charge on any atom is 0.335 e. The van der Waals surface area contributed by atoms with Gasteiger partial charge in [0, 0.05) is 17.5 Å². The molecule has 4 aromatic rings. The van der Waals surface area contributed by atoms with E-state index in [1.165, 1.54) is 0 Å². The zero-order valence-electron chi connectivity index (χ0n) is 21.4. The van der Waals surface area contributed by atoms with Crippen molar-refractivity contribution in [2.24, 2.45) is 5.92 Å². The first-order valence-corrected chi connectivity index (χ1v) is 12.8. The molecule has 0 saturated heterocycles. The van der Waals surface area contributed by atoms with Gasteiger partial charge in [-0.15, -0.1) is 0 Å². The van der Waals surface area contributed by atoms with Crippen molar-refractivity contribution >= 4 is 18.0 Å². The highest BCUT2D eigenvalue weighted by molar-refractivity contribution is 5.87. The minimum Gasteiger partial charge on any atom is -0.483 e. The number of rotatable bonds is 14. The summed E-state index contributed by atoms with van der Waals surface area (Å²) in [5.74, 6) is -0.0801. The van der Waals surface area contributed by atoms with Crippen LogP contribution >= 0.6 is 0 Å². The molecule has 1 aromatic heterocycles. The van der Waals surface area contributed by atoms with Gasteiger partial charge in [-0.05, 0) is 48.9 Å². The molecule has 0 saturated carbocycles. The predicted octanol–water partition coefficient (Wildman–Crippen LogP) is 6.53. The molecule has 0 amide bonds. The summed E-state index contributed by atoms with van der Waals surface area (Å²) >= 11 is 0.